The highest BCUT2D eigenvalue weighted by Gasteiger charge is 2.27. The number of carbonyl (C=O) groups is 1. The molecule has 0 radical (unpaired) electrons. The molecule has 0 aromatic rings. The van der Waals surface area contributed by atoms with E-state index in [1.807, 2.05) is 47.8 Å². The lowest BCUT2D eigenvalue weighted by atomic mass is 10.0. The van der Waals surface area contributed by atoms with Crippen molar-refractivity contribution in [1.82, 2.24) is 4.90 Å². The minimum Gasteiger partial charge on any atom is -0.591 e. The summed E-state index contributed by atoms with van der Waals surface area (Å²) in [5.74, 6) is 0.277. The van der Waals surface area contributed by atoms with Crippen molar-refractivity contribution in [1.29, 1.82) is 0 Å². The fraction of sp³-hybridized carbons (Fsp3) is 0.875. The molecule has 0 N–H and O–H groups in total. The SMILES string of the molecule is CC(C)(C)OC(=O)N1CCC[C@@H](/C=N/[S@+]([O-])C(C)(C)C)CC1. The van der Waals surface area contributed by atoms with Crippen LogP contribution in [0.1, 0.15) is 60.8 Å². The van der Waals surface area contributed by atoms with E-state index in [-0.39, 0.29) is 16.8 Å². The van der Waals surface area contributed by atoms with Crippen molar-refractivity contribution in [3.8, 4) is 0 Å². The van der Waals surface area contributed by atoms with Gasteiger partial charge in [0.1, 0.15) is 21.7 Å². The molecule has 1 amide bonds. The lowest BCUT2D eigenvalue weighted by Crippen LogP contribution is -2.37. The second-order valence-corrected chi connectivity index (χ2v) is 9.71. The van der Waals surface area contributed by atoms with Gasteiger partial charge in [-0.05, 0) is 60.8 Å². The third-order valence-corrected chi connectivity index (χ3v) is 4.68. The molecule has 1 heterocycles. The summed E-state index contributed by atoms with van der Waals surface area (Å²) >= 11 is -1.21. The predicted octanol–water partition coefficient (Wildman–Crippen LogP) is 3.56. The summed E-state index contributed by atoms with van der Waals surface area (Å²) in [5.41, 5.74) is -0.464. The Labute approximate surface area is 137 Å². The molecule has 0 aromatic carbocycles. The van der Waals surface area contributed by atoms with Crippen molar-refractivity contribution in [3.05, 3.63) is 0 Å². The van der Waals surface area contributed by atoms with Gasteiger partial charge in [-0.25, -0.2) is 4.79 Å². The van der Waals surface area contributed by atoms with Gasteiger partial charge in [0.2, 0.25) is 0 Å². The van der Waals surface area contributed by atoms with Crippen LogP contribution in [-0.2, 0) is 16.1 Å². The van der Waals surface area contributed by atoms with Crippen LogP contribution in [0.2, 0.25) is 0 Å². The Morgan fingerprint density at radius 3 is 2.41 bits per heavy atom. The van der Waals surface area contributed by atoms with Gasteiger partial charge < -0.3 is 14.2 Å². The first kappa shape index (κ1) is 19.3. The van der Waals surface area contributed by atoms with Crippen molar-refractivity contribution in [2.45, 2.75) is 71.2 Å². The summed E-state index contributed by atoms with van der Waals surface area (Å²) in [5, 5.41) is 0. The summed E-state index contributed by atoms with van der Waals surface area (Å²) in [6.45, 7) is 12.7. The lowest BCUT2D eigenvalue weighted by Gasteiger charge is -2.26. The number of rotatable bonds is 2. The summed E-state index contributed by atoms with van der Waals surface area (Å²) in [7, 11) is 0. The maximum absolute atomic E-state index is 12.1. The molecule has 0 saturated carbocycles. The smallest absolute Gasteiger partial charge is 0.410 e. The molecule has 2 atom stereocenters. The summed E-state index contributed by atoms with van der Waals surface area (Å²) in [6, 6.07) is 0. The van der Waals surface area contributed by atoms with Gasteiger partial charge in [-0.15, -0.1) is 0 Å². The summed E-state index contributed by atoms with van der Waals surface area (Å²) in [4.78, 5) is 13.9. The van der Waals surface area contributed by atoms with Crippen molar-refractivity contribution in [3.63, 3.8) is 0 Å². The van der Waals surface area contributed by atoms with Crippen LogP contribution in [0.25, 0.3) is 0 Å². The third-order valence-electron chi connectivity index (χ3n) is 3.32. The van der Waals surface area contributed by atoms with Crippen molar-refractivity contribution >= 4 is 23.7 Å². The van der Waals surface area contributed by atoms with Crippen LogP contribution < -0.4 is 0 Å². The van der Waals surface area contributed by atoms with E-state index in [1.165, 1.54) is 0 Å². The zero-order valence-corrected chi connectivity index (χ0v) is 15.5. The van der Waals surface area contributed by atoms with Crippen LogP contribution in [-0.4, -0.2) is 45.2 Å². The summed E-state index contributed by atoms with van der Waals surface area (Å²) < 4.78 is 21.2. The van der Waals surface area contributed by atoms with Gasteiger partial charge in [0.05, 0.1) is 6.21 Å². The number of hydrogen-bond donors (Lipinski definition) is 0. The van der Waals surface area contributed by atoms with Crippen molar-refractivity contribution in [2.24, 2.45) is 10.3 Å². The molecule has 6 heteroatoms. The molecular weight excluding hydrogens is 300 g/mol. The van der Waals surface area contributed by atoms with E-state index in [2.05, 4.69) is 4.40 Å². The molecule has 0 aromatic heterocycles. The van der Waals surface area contributed by atoms with E-state index >= 15 is 0 Å². The molecule has 0 bridgehead atoms. The maximum Gasteiger partial charge on any atom is 0.410 e. The van der Waals surface area contributed by atoms with Gasteiger partial charge in [0.15, 0.2) is 0 Å². The quantitative estimate of drug-likeness (QED) is 0.574. The molecule has 0 unspecified atom stereocenters. The average Bonchev–Trinajstić information content (AvgIpc) is 2.58. The average molecular weight is 330 g/mol. The normalized spacial score (nSPS) is 22.5. The minimum atomic E-state index is -1.21. The van der Waals surface area contributed by atoms with Crippen LogP contribution in [0.3, 0.4) is 0 Å². The fourth-order valence-electron chi connectivity index (χ4n) is 2.08. The van der Waals surface area contributed by atoms with E-state index in [0.29, 0.717) is 13.1 Å². The minimum absolute atomic E-state index is 0.247. The van der Waals surface area contributed by atoms with Crippen LogP contribution >= 0.6 is 0 Å². The first-order valence-corrected chi connectivity index (χ1v) is 9.04. The van der Waals surface area contributed by atoms with E-state index in [4.69, 9.17) is 4.74 Å². The Hall–Kier alpha value is -0.750. The molecule has 1 aliphatic rings. The Morgan fingerprint density at radius 1 is 1.23 bits per heavy atom. The van der Waals surface area contributed by atoms with E-state index < -0.39 is 17.0 Å². The van der Waals surface area contributed by atoms with Crippen LogP contribution in [0.15, 0.2) is 4.40 Å². The Morgan fingerprint density at radius 2 is 1.86 bits per heavy atom. The Bertz CT molecular complexity index is 399. The zero-order chi connectivity index (χ0) is 17.0. The van der Waals surface area contributed by atoms with E-state index in [9.17, 15) is 9.35 Å². The molecular formula is C16H30N2O3S. The van der Waals surface area contributed by atoms with Crippen LogP contribution in [0.4, 0.5) is 4.79 Å². The lowest BCUT2D eigenvalue weighted by molar-refractivity contribution is 0.0256. The number of amides is 1. The predicted molar refractivity (Wildman–Crippen MR) is 91.5 cm³/mol. The van der Waals surface area contributed by atoms with Crippen LogP contribution in [0, 0.1) is 5.92 Å². The van der Waals surface area contributed by atoms with Gasteiger partial charge >= 0.3 is 6.09 Å². The van der Waals surface area contributed by atoms with Crippen molar-refractivity contribution in [2.75, 3.05) is 13.1 Å². The molecule has 1 fully saturated rings. The van der Waals surface area contributed by atoms with Gasteiger partial charge in [-0.1, -0.05) is 4.40 Å². The van der Waals surface area contributed by atoms with Gasteiger partial charge in [-0.2, -0.15) is 0 Å². The first-order chi connectivity index (χ1) is 9.99. The van der Waals surface area contributed by atoms with Crippen molar-refractivity contribution < 1.29 is 14.1 Å². The number of carbonyl (C=O) groups excluding carboxylic acids is 1. The van der Waals surface area contributed by atoms with Gasteiger partial charge in [0.25, 0.3) is 0 Å². The molecule has 5 nitrogen and oxygen atoms in total. The van der Waals surface area contributed by atoms with Crippen LogP contribution in [0.5, 0.6) is 0 Å². The molecule has 1 aliphatic heterocycles. The topological polar surface area (TPSA) is 65.0 Å². The third kappa shape index (κ3) is 7.01. The molecule has 1 saturated heterocycles. The highest BCUT2D eigenvalue weighted by molar-refractivity contribution is 7.91. The summed E-state index contributed by atoms with van der Waals surface area (Å²) in [6.07, 6.45) is 4.29. The largest absolute Gasteiger partial charge is 0.591 e. The monoisotopic (exact) mass is 330 g/mol. The number of ether oxygens (including phenoxy) is 1. The first-order valence-electron chi connectivity index (χ1n) is 7.93. The molecule has 0 spiro atoms. The Kier molecular flexibility index (Phi) is 6.74. The van der Waals surface area contributed by atoms with E-state index in [1.54, 1.807) is 4.90 Å². The molecule has 22 heavy (non-hydrogen) atoms. The number of likely N-dealkylation sites (tertiary alicyclic amines) is 1. The standard InChI is InChI=1S/C16H30N2O3S/c1-15(2,3)21-14(19)18-10-7-8-13(9-11-18)12-17-22(20)16(4,5)6/h12-13H,7-11H2,1-6H3/b17-12+/t13-,22-/m1/s1. The Balaban J connectivity index is 2.52. The fourth-order valence-corrected chi connectivity index (χ4v) is 2.68. The second kappa shape index (κ2) is 7.68. The zero-order valence-electron chi connectivity index (χ0n) is 14.7. The highest BCUT2D eigenvalue weighted by atomic mass is 32.2. The highest BCUT2D eigenvalue weighted by Crippen LogP contribution is 2.21. The number of nitrogens with zero attached hydrogens (tertiary/aromatic N) is 2. The molecule has 128 valence electrons. The van der Waals surface area contributed by atoms with Gasteiger partial charge in [0, 0.05) is 19.0 Å². The number of hydrogen-bond acceptors (Lipinski definition) is 4. The van der Waals surface area contributed by atoms with Gasteiger partial charge in [-0.3, -0.25) is 0 Å². The molecule has 0 aliphatic carbocycles. The second-order valence-electron chi connectivity index (χ2n) is 7.77. The maximum atomic E-state index is 12.1. The molecule has 1 rings (SSSR count). The van der Waals surface area contributed by atoms with E-state index in [0.717, 1.165) is 19.3 Å².